The van der Waals surface area contributed by atoms with Gasteiger partial charge < -0.3 is 39.0 Å². The molecule has 0 bridgehead atoms. The van der Waals surface area contributed by atoms with Crippen LogP contribution in [-0.4, -0.2) is 89.2 Å². The summed E-state index contributed by atoms with van der Waals surface area (Å²) in [5, 5.41) is 31.5. The summed E-state index contributed by atoms with van der Waals surface area (Å²) >= 11 is 0. The van der Waals surface area contributed by atoms with Crippen LogP contribution in [0.5, 0.6) is 0 Å². The highest BCUT2D eigenvalue weighted by Crippen LogP contribution is 2.26. The van der Waals surface area contributed by atoms with Crippen molar-refractivity contribution in [3.8, 4) is 0 Å². The Kier molecular flexibility index (Phi) is 48.0. The van der Waals surface area contributed by atoms with Gasteiger partial charge in [-0.25, -0.2) is 4.79 Å². The van der Waals surface area contributed by atoms with Gasteiger partial charge in [-0.2, -0.15) is 0 Å². The van der Waals surface area contributed by atoms with Gasteiger partial charge in [0.25, 0.3) is 0 Å². The van der Waals surface area contributed by atoms with Crippen molar-refractivity contribution in [1.29, 1.82) is 0 Å². The monoisotopic (exact) mass is 1080 g/mol. The molecule has 3 N–H and O–H groups in total. The van der Waals surface area contributed by atoms with Gasteiger partial charge in [-0.05, 0) is 116 Å². The molecular formula is C65H106O12. The fourth-order valence-electron chi connectivity index (χ4n) is 8.54. The van der Waals surface area contributed by atoms with Crippen LogP contribution in [0.4, 0.5) is 0 Å². The molecule has 1 heterocycles. The Balaban J connectivity index is 2.70. The first-order valence-electron chi connectivity index (χ1n) is 30.2. The SMILES string of the molecule is CC/C=C\C/C=C\C/C=C\CCCCCCCCCC(=O)OC1C(OCC(COC(=O)CCCCCCCCC/C=C\C/C=C\CCCCC)OC(=O)CCCCC/C=C\C/C=C\C/C=C\CC)OC(C(=O)O)C(O)C1O. The standard InChI is InChI=1S/C65H106O12/c1-4-7-10-13-16-19-22-25-27-29-31-34-36-39-42-45-48-51-57(66)73-54-56(75-58(67)52-49-46-43-40-37-33-24-21-18-15-12-9-6-3)55-74-65-63(61(70)60(69)62(77-65)64(71)72)76-59(68)53-50-47-44-41-38-35-32-30-28-26-23-20-17-14-11-8-5-2/h8-9,11-12,16-21,25-28,33,37,56,60-63,65,69-70H,4-7,10,13-15,22-24,29-32,34-36,38-55H2,1-3H3,(H,71,72)/b11-8-,12-9-,19-16-,20-17-,21-18-,27-25-,28-26-,37-33-. The molecule has 77 heavy (non-hydrogen) atoms. The van der Waals surface area contributed by atoms with Crippen LogP contribution >= 0.6 is 0 Å². The normalized spacial score (nSPS) is 18.7. The molecule has 0 aromatic carbocycles. The van der Waals surface area contributed by atoms with E-state index in [4.69, 9.17) is 23.7 Å². The Labute approximate surface area is 466 Å². The topological polar surface area (TPSA) is 175 Å². The molecule has 0 amide bonds. The minimum absolute atomic E-state index is 0.0408. The molecular weight excluding hydrogens is 973 g/mol. The van der Waals surface area contributed by atoms with Crippen LogP contribution in [0.15, 0.2) is 97.2 Å². The van der Waals surface area contributed by atoms with Gasteiger partial charge in [-0.1, -0.05) is 201 Å². The van der Waals surface area contributed by atoms with Crippen LogP contribution < -0.4 is 0 Å². The van der Waals surface area contributed by atoms with Crippen molar-refractivity contribution in [2.45, 2.75) is 276 Å². The predicted octanol–water partition coefficient (Wildman–Crippen LogP) is 15.7. The maximum Gasteiger partial charge on any atom is 0.335 e. The van der Waals surface area contributed by atoms with E-state index in [9.17, 15) is 34.5 Å². The molecule has 1 rings (SSSR count). The number of hydrogen-bond acceptors (Lipinski definition) is 11. The van der Waals surface area contributed by atoms with E-state index in [2.05, 4.69) is 118 Å². The van der Waals surface area contributed by atoms with Gasteiger partial charge in [0.1, 0.15) is 18.8 Å². The van der Waals surface area contributed by atoms with Crippen LogP contribution in [0.3, 0.4) is 0 Å². The van der Waals surface area contributed by atoms with Gasteiger partial charge in [0, 0.05) is 19.3 Å². The fraction of sp³-hybridized carbons (Fsp3) is 0.692. The first-order chi connectivity index (χ1) is 37.6. The van der Waals surface area contributed by atoms with Crippen LogP contribution in [-0.2, 0) is 42.9 Å². The predicted molar refractivity (Wildman–Crippen MR) is 312 cm³/mol. The lowest BCUT2D eigenvalue weighted by Gasteiger charge is -2.40. The molecule has 438 valence electrons. The maximum absolute atomic E-state index is 13.1. The second kappa shape index (κ2) is 52.3. The quantitative estimate of drug-likeness (QED) is 0.0228. The fourth-order valence-corrected chi connectivity index (χ4v) is 8.54. The number of unbranched alkanes of at least 4 members (excludes halogenated alkanes) is 20. The molecule has 6 unspecified atom stereocenters. The van der Waals surface area contributed by atoms with Crippen molar-refractivity contribution in [3.05, 3.63) is 97.2 Å². The molecule has 0 aromatic rings. The molecule has 1 aliphatic heterocycles. The van der Waals surface area contributed by atoms with Crippen molar-refractivity contribution < 1.29 is 58.2 Å². The number of hydrogen-bond donors (Lipinski definition) is 3. The van der Waals surface area contributed by atoms with Crippen LogP contribution in [0, 0.1) is 0 Å². The maximum atomic E-state index is 13.1. The molecule has 0 saturated carbocycles. The number of rotatable bonds is 50. The highest BCUT2D eigenvalue weighted by molar-refractivity contribution is 5.74. The van der Waals surface area contributed by atoms with Gasteiger partial charge >= 0.3 is 23.9 Å². The van der Waals surface area contributed by atoms with Gasteiger partial charge in [0.15, 0.2) is 24.6 Å². The van der Waals surface area contributed by atoms with E-state index >= 15 is 0 Å². The number of aliphatic hydroxyl groups excluding tert-OH is 2. The molecule has 1 aliphatic rings. The lowest BCUT2D eigenvalue weighted by molar-refractivity contribution is -0.301. The Morgan fingerprint density at radius 3 is 1.26 bits per heavy atom. The minimum Gasteiger partial charge on any atom is -0.479 e. The van der Waals surface area contributed by atoms with Gasteiger partial charge in [-0.15, -0.1) is 0 Å². The van der Waals surface area contributed by atoms with E-state index in [1.54, 1.807) is 0 Å². The van der Waals surface area contributed by atoms with E-state index in [0.717, 1.165) is 141 Å². The zero-order chi connectivity index (χ0) is 56.1. The number of aliphatic carboxylic acids is 1. The number of aliphatic hydroxyl groups is 2. The summed E-state index contributed by atoms with van der Waals surface area (Å²) in [6.45, 7) is 5.71. The van der Waals surface area contributed by atoms with Crippen LogP contribution in [0.1, 0.15) is 239 Å². The summed E-state index contributed by atoms with van der Waals surface area (Å²) in [7, 11) is 0. The number of ether oxygens (including phenoxy) is 5. The number of allylic oxidation sites excluding steroid dienone is 16. The van der Waals surface area contributed by atoms with Gasteiger partial charge in [0.2, 0.25) is 0 Å². The Hall–Kier alpha value is -4.36. The number of carbonyl (C=O) groups is 4. The highest BCUT2D eigenvalue weighted by Gasteiger charge is 2.50. The Morgan fingerprint density at radius 2 is 0.818 bits per heavy atom. The zero-order valence-electron chi connectivity index (χ0n) is 48.2. The molecule has 12 heteroatoms. The Bertz CT molecular complexity index is 1710. The second-order valence-corrected chi connectivity index (χ2v) is 20.2. The first-order valence-corrected chi connectivity index (χ1v) is 30.2. The van der Waals surface area contributed by atoms with E-state index in [1.807, 2.05) is 0 Å². The molecule has 0 radical (unpaired) electrons. The van der Waals surface area contributed by atoms with Crippen molar-refractivity contribution in [3.63, 3.8) is 0 Å². The summed E-state index contributed by atoms with van der Waals surface area (Å²) in [4.78, 5) is 51.2. The third-order valence-corrected chi connectivity index (χ3v) is 13.1. The third kappa shape index (κ3) is 42.3. The average molecular weight is 1080 g/mol. The van der Waals surface area contributed by atoms with E-state index in [1.165, 1.54) is 38.5 Å². The number of carboxylic acids is 1. The van der Waals surface area contributed by atoms with E-state index < -0.39 is 67.3 Å². The van der Waals surface area contributed by atoms with Crippen LogP contribution in [0.2, 0.25) is 0 Å². The zero-order valence-corrected chi connectivity index (χ0v) is 48.2. The number of carbonyl (C=O) groups excluding carboxylic acids is 3. The van der Waals surface area contributed by atoms with E-state index in [-0.39, 0.29) is 25.9 Å². The molecule has 12 nitrogen and oxygen atoms in total. The average Bonchev–Trinajstić information content (AvgIpc) is 3.42. The molecule has 1 saturated heterocycles. The largest absolute Gasteiger partial charge is 0.479 e. The number of esters is 3. The summed E-state index contributed by atoms with van der Waals surface area (Å²) in [6.07, 6.45) is 56.6. The summed E-state index contributed by atoms with van der Waals surface area (Å²) in [5.74, 6) is -3.19. The minimum atomic E-state index is -1.92. The Morgan fingerprint density at radius 1 is 0.442 bits per heavy atom. The first kappa shape index (κ1) is 70.7. The molecule has 6 atom stereocenters. The van der Waals surface area contributed by atoms with Crippen molar-refractivity contribution in [2.24, 2.45) is 0 Å². The lowest BCUT2D eigenvalue weighted by Crippen LogP contribution is -2.61. The third-order valence-electron chi connectivity index (χ3n) is 13.1. The number of carboxylic acid groups (broad SMARTS) is 1. The summed E-state index contributed by atoms with van der Waals surface area (Å²) in [5.41, 5.74) is 0. The van der Waals surface area contributed by atoms with Crippen molar-refractivity contribution in [2.75, 3.05) is 13.2 Å². The second-order valence-electron chi connectivity index (χ2n) is 20.2. The molecule has 0 aromatic heterocycles. The van der Waals surface area contributed by atoms with Crippen molar-refractivity contribution >= 4 is 23.9 Å². The highest BCUT2D eigenvalue weighted by atomic mass is 16.7. The van der Waals surface area contributed by atoms with Gasteiger partial charge in [-0.3, -0.25) is 14.4 Å². The lowest BCUT2D eigenvalue weighted by atomic mass is 9.98. The smallest absolute Gasteiger partial charge is 0.335 e. The molecule has 1 fully saturated rings. The van der Waals surface area contributed by atoms with Crippen LogP contribution in [0.25, 0.3) is 0 Å². The molecule has 0 aliphatic carbocycles. The summed E-state index contributed by atoms with van der Waals surface area (Å²) in [6, 6.07) is 0. The molecule has 0 spiro atoms. The van der Waals surface area contributed by atoms with Crippen molar-refractivity contribution in [1.82, 2.24) is 0 Å². The van der Waals surface area contributed by atoms with Gasteiger partial charge in [0.05, 0.1) is 6.61 Å². The summed E-state index contributed by atoms with van der Waals surface area (Å²) < 4.78 is 28.4. The van der Waals surface area contributed by atoms with E-state index in [0.29, 0.717) is 19.3 Å².